The molecule has 1 heteroatoms. The molecule has 0 N–H and O–H groups in total. The van der Waals surface area contributed by atoms with E-state index in [2.05, 4.69) is 27.7 Å². The fraction of sp³-hybridized carbons (Fsp3) is 1.00. The smallest absolute Gasteiger partial charge is 0.0655 e. The van der Waals surface area contributed by atoms with Gasteiger partial charge in [0.05, 0.1) is 12.2 Å². The Hall–Kier alpha value is -0.0400. The van der Waals surface area contributed by atoms with Gasteiger partial charge in [0.1, 0.15) is 0 Å². The summed E-state index contributed by atoms with van der Waals surface area (Å²) in [5.74, 6) is 1.44. The molecule has 0 aromatic carbocycles. The first kappa shape index (κ1) is 7.07. The summed E-state index contributed by atoms with van der Waals surface area (Å²) in [7, 11) is 0. The lowest BCUT2D eigenvalue weighted by Crippen LogP contribution is -2.26. The summed E-state index contributed by atoms with van der Waals surface area (Å²) in [6.45, 7) is 9.79. The second-order valence-electron chi connectivity index (χ2n) is 3.68. The molecule has 1 heterocycles. The summed E-state index contributed by atoms with van der Waals surface area (Å²) < 4.78 is 5.56. The van der Waals surface area contributed by atoms with Crippen LogP contribution in [0.25, 0.3) is 0 Å². The normalized spacial score (nSPS) is 41.3. The van der Waals surface area contributed by atoms with Crippen LogP contribution >= 0.6 is 0 Å². The van der Waals surface area contributed by atoms with Gasteiger partial charge in [-0.15, -0.1) is 0 Å². The molecule has 0 spiro atoms. The third-order valence-corrected chi connectivity index (χ3v) is 2.67. The van der Waals surface area contributed by atoms with Crippen molar-refractivity contribution in [2.24, 2.45) is 11.8 Å². The van der Waals surface area contributed by atoms with Crippen molar-refractivity contribution in [2.45, 2.75) is 33.3 Å². The highest BCUT2D eigenvalue weighted by Crippen LogP contribution is 2.34. The molecule has 0 amide bonds. The van der Waals surface area contributed by atoms with E-state index in [1.54, 1.807) is 0 Å². The Kier molecular flexibility index (Phi) is 1.55. The third kappa shape index (κ3) is 1.11. The fourth-order valence-corrected chi connectivity index (χ4v) is 1.31. The maximum Gasteiger partial charge on any atom is 0.0655 e. The molecule has 0 aromatic heterocycles. The monoisotopic (exact) mass is 128 g/mol. The Morgan fingerprint density at radius 1 is 1.33 bits per heavy atom. The molecule has 0 radical (unpaired) electrons. The highest BCUT2D eigenvalue weighted by atomic mass is 16.5. The minimum atomic E-state index is 0.124. The van der Waals surface area contributed by atoms with Crippen LogP contribution in [0.1, 0.15) is 27.7 Å². The average molecular weight is 128 g/mol. The van der Waals surface area contributed by atoms with Crippen LogP contribution in [-0.2, 0) is 4.74 Å². The van der Waals surface area contributed by atoms with Gasteiger partial charge in [-0.2, -0.15) is 0 Å². The molecule has 2 unspecified atom stereocenters. The van der Waals surface area contributed by atoms with E-state index in [-0.39, 0.29) is 5.60 Å². The van der Waals surface area contributed by atoms with Gasteiger partial charge in [0.15, 0.2) is 0 Å². The first-order valence-electron chi connectivity index (χ1n) is 3.68. The van der Waals surface area contributed by atoms with Crippen molar-refractivity contribution in [3.63, 3.8) is 0 Å². The average Bonchev–Trinajstić information content (AvgIpc) is 1.97. The third-order valence-electron chi connectivity index (χ3n) is 2.67. The summed E-state index contributed by atoms with van der Waals surface area (Å²) >= 11 is 0. The van der Waals surface area contributed by atoms with Crippen LogP contribution in [0.2, 0.25) is 0 Å². The van der Waals surface area contributed by atoms with Crippen LogP contribution in [0.15, 0.2) is 0 Å². The molecule has 0 bridgehead atoms. The van der Waals surface area contributed by atoms with Crippen LogP contribution < -0.4 is 0 Å². The molecule has 0 saturated carbocycles. The van der Waals surface area contributed by atoms with Crippen LogP contribution in [0, 0.1) is 11.8 Å². The molecular weight excluding hydrogens is 112 g/mol. The van der Waals surface area contributed by atoms with Gasteiger partial charge in [-0.3, -0.25) is 0 Å². The van der Waals surface area contributed by atoms with Crippen molar-refractivity contribution in [2.75, 3.05) is 6.61 Å². The van der Waals surface area contributed by atoms with Gasteiger partial charge < -0.3 is 4.74 Å². The standard InChI is InChI=1S/C8H16O/c1-6-5-9-8(3,4)7(6)2/h6-7H,5H2,1-4H3. The summed E-state index contributed by atoms with van der Waals surface area (Å²) in [5, 5.41) is 0. The number of rotatable bonds is 0. The number of hydrogen-bond acceptors (Lipinski definition) is 1. The lowest BCUT2D eigenvalue weighted by atomic mass is 9.86. The topological polar surface area (TPSA) is 9.23 Å². The van der Waals surface area contributed by atoms with E-state index in [1.165, 1.54) is 0 Å². The van der Waals surface area contributed by atoms with Crippen molar-refractivity contribution in [3.8, 4) is 0 Å². The Labute approximate surface area is 57.4 Å². The van der Waals surface area contributed by atoms with Gasteiger partial charge in [-0.05, 0) is 25.7 Å². The van der Waals surface area contributed by atoms with Crippen LogP contribution in [-0.4, -0.2) is 12.2 Å². The molecule has 1 saturated heterocycles. The Bertz CT molecular complexity index is 107. The Morgan fingerprint density at radius 3 is 2.00 bits per heavy atom. The van der Waals surface area contributed by atoms with Crippen molar-refractivity contribution in [1.82, 2.24) is 0 Å². The van der Waals surface area contributed by atoms with Gasteiger partial charge in [-0.25, -0.2) is 0 Å². The van der Waals surface area contributed by atoms with Gasteiger partial charge >= 0.3 is 0 Å². The van der Waals surface area contributed by atoms with Crippen LogP contribution in [0.3, 0.4) is 0 Å². The Balaban J connectivity index is 2.62. The second-order valence-corrected chi connectivity index (χ2v) is 3.68. The SMILES string of the molecule is CC1COC(C)(C)C1C. The van der Waals surface area contributed by atoms with E-state index in [0.29, 0.717) is 5.92 Å². The van der Waals surface area contributed by atoms with Gasteiger partial charge in [0.25, 0.3) is 0 Å². The van der Waals surface area contributed by atoms with Crippen molar-refractivity contribution < 1.29 is 4.74 Å². The molecule has 1 aliphatic heterocycles. The predicted molar refractivity (Wildman–Crippen MR) is 38.4 cm³/mol. The minimum Gasteiger partial charge on any atom is -0.375 e. The van der Waals surface area contributed by atoms with Crippen LogP contribution in [0.5, 0.6) is 0 Å². The molecular formula is C8H16O. The van der Waals surface area contributed by atoms with Crippen molar-refractivity contribution in [1.29, 1.82) is 0 Å². The van der Waals surface area contributed by atoms with Crippen molar-refractivity contribution in [3.05, 3.63) is 0 Å². The van der Waals surface area contributed by atoms with E-state index in [4.69, 9.17) is 4.74 Å². The summed E-state index contributed by atoms with van der Waals surface area (Å²) in [6.07, 6.45) is 0. The second kappa shape index (κ2) is 1.98. The molecule has 9 heavy (non-hydrogen) atoms. The van der Waals surface area contributed by atoms with E-state index in [1.807, 2.05) is 0 Å². The molecule has 0 aromatic rings. The van der Waals surface area contributed by atoms with E-state index in [9.17, 15) is 0 Å². The zero-order valence-electron chi connectivity index (χ0n) is 6.77. The number of hydrogen-bond donors (Lipinski definition) is 0. The van der Waals surface area contributed by atoms with E-state index < -0.39 is 0 Å². The quantitative estimate of drug-likeness (QED) is 0.485. The maximum atomic E-state index is 5.56. The zero-order chi connectivity index (χ0) is 7.07. The molecule has 54 valence electrons. The molecule has 1 aliphatic rings. The highest BCUT2D eigenvalue weighted by molar-refractivity contribution is 4.85. The molecule has 0 aliphatic carbocycles. The first-order chi connectivity index (χ1) is 4.04. The van der Waals surface area contributed by atoms with Crippen molar-refractivity contribution >= 4 is 0 Å². The summed E-state index contributed by atoms with van der Waals surface area (Å²) in [4.78, 5) is 0. The maximum absolute atomic E-state index is 5.56. The molecule has 1 fully saturated rings. The number of ether oxygens (including phenoxy) is 1. The van der Waals surface area contributed by atoms with Gasteiger partial charge in [-0.1, -0.05) is 13.8 Å². The van der Waals surface area contributed by atoms with Gasteiger partial charge in [0, 0.05) is 0 Å². The minimum absolute atomic E-state index is 0.124. The Morgan fingerprint density at radius 2 is 1.89 bits per heavy atom. The first-order valence-corrected chi connectivity index (χ1v) is 3.68. The molecule has 2 atom stereocenters. The van der Waals surface area contributed by atoms with Gasteiger partial charge in [0.2, 0.25) is 0 Å². The predicted octanol–water partition coefficient (Wildman–Crippen LogP) is 2.07. The summed E-state index contributed by atoms with van der Waals surface area (Å²) in [5.41, 5.74) is 0.124. The lowest BCUT2D eigenvalue weighted by Gasteiger charge is -2.23. The zero-order valence-corrected chi connectivity index (χ0v) is 6.77. The van der Waals surface area contributed by atoms with E-state index >= 15 is 0 Å². The molecule has 1 rings (SSSR count). The highest BCUT2D eigenvalue weighted by Gasteiger charge is 2.37. The summed E-state index contributed by atoms with van der Waals surface area (Å²) in [6, 6.07) is 0. The van der Waals surface area contributed by atoms with E-state index in [0.717, 1.165) is 12.5 Å². The lowest BCUT2D eigenvalue weighted by molar-refractivity contribution is 0.0152. The largest absolute Gasteiger partial charge is 0.375 e. The fourth-order valence-electron chi connectivity index (χ4n) is 1.31. The van der Waals surface area contributed by atoms with Crippen LogP contribution in [0.4, 0.5) is 0 Å². The molecule has 1 nitrogen and oxygen atoms in total.